The molecular formula is C16H22N2. The molecule has 0 aromatic heterocycles. The minimum Gasteiger partial charge on any atom is -0.310 e. The van der Waals surface area contributed by atoms with Crippen molar-refractivity contribution in [2.45, 2.75) is 57.0 Å². The smallest absolute Gasteiger partial charge is 0.0638 e. The fourth-order valence-electron chi connectivity index (χ4n) is 2.99. The van der Waals surface area contributed by atoms with E-state index in [1.165, 1.54) is 18.4 Å². The third-order valence-corrected chi connectivity index (χ3v) is 4.17. The predicted octanol–water partition coefficient (Wildman–Crippen LogP) is 3.39. The molecule has 0 unspecified atom stereocenters. The van der Waals surface area contributed by atoms with Crippen LogP contribution in [0.2, 0.25) is 0 Å². The molecule has 0 heterocycles. The molecule has 0 saturated heterocycles. The Labute approximate surface area is 110 Å². The van der Waals surface area contributed by atoms with Crippen molar-refractivity contribution in [2.24, 2.45) is 0 Å². The van der Waals surface area contributed by atoms with E-state index < -0.39 is 0 Å². The molecule has 0 amide bonds. The van der Waals surface area contributed by atoms with E-state index in [0.717, 1.165) is 6.42 Å². The van der Waals surface area contributed by atoms with Gasteiger partial charge >= 0.3 is 0 Å². The largest absolute Gasteiger partial charge is 0.310 e. The van der Waals surface area contributed by atoms with Gasteiger partial charge in [-0.3, -0.25) is 0 Å². The van der Waals surface area contributed by atoms with Crippen molar-refractivity contribution in [3.05, 3.63) is 35.9 Å². The van der Waals surface area contributed by atoms with Gasteiger partial charge in [0, 0.05) is 12.1 Å². The third-order valence-electron chi connectivity index (χ3n) is 4.17. The molecular weight excluding hydrogens is 220 g/mol. The third kappa shape index (κ3) is 2.73. The van der Waals surface area contributed by atoms with Gasteiger partial charge in [-0.1, -0.05) is 44.2 Å². The van der Waals surface area contributed by atoms with Gasteiger partial charge in [0.05, 0.1) is 12.5 Å². The Hall–Kier alpha value is -1.33. The molecule has 1 N–H and O–H groups in total. The normalized spacial score (nSPS) is 28.2. The zero-order valence-corrected chi connectivity index (χ0v) is 11.3. The molecule has 1 fully saturated rings. The first-order chi connectivity index (χ1) is 8.68. The van der Waals surface area contributed by atoms with Crippen LogP contribution in [0.15, 0.2) is 30.3 Å². The maximum Gasteiger partial charge on any atom is 0.0638 e. The van der Waals surface area contributed by atoms with Crippen molar-refractivity contribution in [2.75, 3.05) is 0 Å². The van der Waals surface area contributed by atoms with E-state index in [1.54, 1.807) is 0 Å². The van der Waals surface area contributed by atoms with Crippen LogP contribution in [0.1, 0.15) is 45.1 Å². The van der Waals surface area contributed by atoms with E-state index in [-0.39, 0.29) is 0 Å². The molecule has 2 heteroatoms. The average Bonchev–Trinajstić information content (AvgIpc) is 2.37. The molecule has 0 spiro atoms. The van der Waals surface area contributed by atoms with Crippen LogP contribution in [0.25, 0.3) is 0 Å². The minimum atomic E-state index is 0.323. The van der Waals surface area contributed by atoms with E-state index in [0.29, 0.717) is 23.9 Å². The Morgan fingerprint density at radius 3 is 2.61 bits per heavy atom. The summed E-state index contributed by atoms with van der Waals surface area (Å²) in [4.78, 5) is 0. The molecule has 96 valence electrons. The summed E-state index contributed by atoms with van der Waals surface area (Å²) in [6, 6.07) is 14.0. The van der Waals surface area contributed by atoms with Gasteiger partial charge in [0.2, 0.25) is 0 Å². The summed E-state index contributed by atoms with van der Waals surface area (Å²) in [6.07, 6.45) is 4.01. The predicted molar refractivity (Wildman–Crippen MR) is 74.3 cm³/mol. The van der Waals surface area contributed by atoms with Gasteiger partial charge in [0.1, 0.15) is 0 Å². The molecule has 1 saturated carbocycles. The van der Waals surface area contributed by atoms with E-state index in [4.69, 9.17) is 5.26 Å². The van der Waals surface area contributed by atoms with Crippen molar-refractivity contribution in [1.82, 2.24) is 5.32 Å². The second kappa shape index (κ2) is 5.54. The maximum absolute atomic E-state index is 8.76. The molecule has 1 aromatic rings. The van der Waals surface area contributed by atoms with Crippen LogP contribution in [0, 0.1) is 11.3 Å². The van der Waals surface area contributed by atoms with Gasteiger partial charge < -0.3 is 5.32 Å². The fraction of sp³-hybridized carbons (Fsp3) is 0.562. The highest BCUT2D eigenvalue weighted by molar-refractivity contribution is 5.28. The number of nitriles is 1. The lowest BCUT2D eigenvalue weighted by molar-refractivity contribution is 0.175. The summed E-state index contributed by atoms with van der Waals surface area (Å²) in [5.74, 6) is 0. The van der Waals surface area contributed by atoms with E-state index in [1.807, 2.05) is 0 Å². The van der Waals surface area contributed by atoms with Crippen LogP contribution in [0.5, 0.6) is 0 Å². The number of rotatable bonds is 5. The van der Waals surface area contributed by atoms with Crippen LogP contribution in [-0.2, 0) is 5.41 Å². The van der Waals surface area contributed by atoms with Gasteiger partial charge in [-0.25, -0.2) is 0 Å². The Kier molecular flexibility index (Phi) is 4.04. The highest BCUT2D eigenvalue weighted by Crippen LogP contribution is 2.43. The standard InChI is InChI=1S/C16H22N2/c1-3-14(9-10-17)18-15-11-16(2,12-15)13-7-5-4-6-8-13/h4-8,14-15,18H,3,9,11-12H2,1-2H3/t14-,15?,16?/m0/s1. The molecule has 18 heavy (non-hydrogen) atoms. The van der Waals surface area contributed by atoms with Gasteiger partial charge in [-0.15, -0.1) is 0 Å². The number of hydrogen-bond donors (Lipinski definition) is 1. The highest BCUT2D eigenvalue weighted by atomic mass is 15.0. The zero-order valence-electron chi connectivity index (χ0n) is 11.3. The Morgan fingerprint density at radius 2 is 2.06 bits per heavy atom. The van der Waals surface area contributed by atoms with Crippen molar-refractivity contribution < 1.29 is 0 Å². The maximum atomic E-state index is 8.76. The first-order valence-corrected chi connectivity index (χ1v) is 6.86. The second-order valence-corrected chi connectivity index (χ2v) is 5.67. The molecule has 1 atom stereocenters. The van der Waals surface area contributed by atoms with Crippen molar-refractivity contribution >= 4 is 0 Å². The van der Waals surface area contributed by atoms with E-state index in [2.05, 4.69) is 55.6 Å². The molecule has 2 nitrogen and oxygen atoms in total. The van der Waals surface area contributed by atoms with Crippen LogP contribution in [0.3, 0.4) is 0 Å². The van der Waals surface area contributed by atoms with Gasteiger partial charge in [0.25, 0.3) is 0 Å². The summed E-state index contributed by atoms with van der Waals surface area (Å²) in [6.45, 7) is 4.48. The van der Waals surface area contributed by atoms with Crippen molar-refractivity contribution in [3.8, 4) is 6.07 Å². The number of benzene rings is 1. The zero-order chi connectivity index (χ0) is 13.0. The summed E-state index contributed by atoms with van der Waals surface area (Å²) >= 11 is 0. The number of nitrogens with zero attached hydrogens (tertiary/aromatic N) is 1. The summed E-state index contributed by atoms with van der Waals surface area (Å²) in [5, 5.41) is 12.4. The van der Waals surface area contributed by atoms with Crippen LogP contribution < -0.4 is 5.32 Å². The van der Waals surface area contributed by atoms with Gasteiger partial charge in [-0.2, -0.15) is 5.26 Å². The molecule has 1 aliphatic carbocycles. The molecule has 0 radical (unpaired) electrons. The second-order valence-electron chi connectivity index (χ2n) is 5.67. The van der Waals surface area contributed by atoms with Crippen molar-refractivity contribution in [3.63, 3.8) is 0 Å². The number of nitrogens with one attached hydrogen (secondary N) is 1. The molecule has 0 aliphatic heterocycles. The first kappa shape index (κ1) is 13.1. The minimum absolute atomic E-state index is 0.323. The molecule has 1 aromatic carbocycles. The SMILES string of the molecule is CC[C@@H](CC#N)NC1CC(C)(c2ccccc2)C1. The fourth-order valence-corrected chi connectivity index (χ4v) is 2.99. The average molecular weight is 242 g/mol. The van der Waals surface area contributed by atoms with E-state index in [9.17, 15) is 0 Å². The molecule has 2 rings (SSSR count). The van der Waals surface area contributed by atoms with Crippen LogP contribution in [0.4, 0.5) is 0 Å². The van der Waals surface area contributed by atoms with Gasteiger partial charge in [0.15, 0.2) is 0 Å². The molecule has 0 bridgehead atoms. The first-order valence-electron chi connectivity index (χ1n) is 6.86. The van der Waals surface area contributed by atoms with E-state index >= 15 is 0 Å². The lowest BCUT2D eigenvalue weighted by atomic mass is 9.63. The Balaban J connectivity index is 1.88. The lowest BCUT2D eigenvalue weighted by Crippen LogP contribution is -2.52. The summed E-state index contributed by atoms with van der Waals surface area (Å²) in [7, 11) is 0. The Bertz CT molecular complexity index is 412. The monoisotopic (exact) mass is 242 g/mol. The molecule has 1 aliphatic rings. The highest BCUT2D eigenvalue weighted by Gasteiger charge is 2.41. The summed E-state index contributed by atoms with van der Waals surface area (Å²) < 4.78 is 0. The quantitative estimate of drug-likeness (QED) is 0.859. The van der Waals surface area contributed by atoms with Crippen LogP contribution in [-0.4, -0.2) is 12.1 Å². The van der Waals surface area contributed by atoms with Crippen molar-refractivity contribution in [1.29, 1.82) is 5.26 Å². The summed E-state index contributed by atoms with van der Waals surface area (Å²) in [5.41, 5.74) is 1.76. The lowest BCUT2D eigenvalue weighted by Gasteiger charge is -2.47. The topological polar surface area (TPSA) is 35.8 Å². The number of hydrogen-bond acceptors (Lipinski definition) is 2. The van der Waals surface area contributed by atoms with Crippen LogP contribution >= 0.6 is 0 Å². The Morgan fingerprint density at radius 1 is 1.39 bits per heavy atom. The van der Waals surface area contributed by atoms with Gasteiger partial charge in [-0.05, 0) is 30.2 Å².